The predicted octanol–water partition coefficient (Wildman–Crippen LogP) is 0.400. The molecule has 0 rings (SSSR count). The van der Waals surface area contributed by atoms with Gasteiger partial charge in [0.05, 0.1) is 0 Å². The molecule has 6 heteroatoms. The van der Waals surface area contributed by atoms with E-state index in [1.54, 1.807) is 0 Å². The summed E-state index contributed by atoms with van der Waals surface area (Å²) < 4.78 is 23.3. The normalized spacial score (nSPS) is 13.8. The number of nitrogens with zero attached hydrogens (tertiary/aromatic N) is 1. The van der Waals surface area contributed by atoms with E-state index >= 15 is 0 Å². The fourth-order valence-electron chi connectivity index (χ4n) is 0.421. The summed E-state index contributed by atoms with van der Waals surface area (Å²) in [5.74, 6) is 0. The molecular formula is C6H15ClN2O2S. The van der Waals surface area contributed by atoms with Gasteiger partial charge in [-0.3, -0.25) is 0 Å². The van der Waals surface area contributed by atoms with Gasteiger partial charge in [0.25, 0.3) is 9.24 Å². The number of halogens is 1. The number of nitrogens with one attached hydrogen (secondary N) is 1. The van der Waals surface area contributed by atoms with Crippen molar-refractivity contribution in [1.29, 1.82) is 0 Å². The maximum Gasteiger partial charge on any atom is 0.297 e. The molecule has 0 aliphatic heterocycles. The van der Waals surface area contributed by atoms with E-state index in [9.17, 15) is 8.42 Å². The molecule has 0 radical (unpaired) electrons. The Morgan fingerprint density at radius 2 is 1.83 bits per heavy atom. The second-order valence-corrected chi connectivity index (χ2v) is 5.85. The molecule has 0 aromatic rings. The highest BCUT2D eigenvalue weighted by Crippen LogP contribution is 2.08. The van der Waals surface area contributed by atoms with Crippen LogP contribution < -0.4 is 4.72 Å². The predicted molar refractivity (Wildman–Crippen MR) is 50.5 cm³/mol. The molecule has 0 aliphatic carbocycles. The summed E-state index contributed by atoms with van der Waals surface area (Å²) in [5.41, 5.74) is -0.234. The summed E-state index contributed by atoms with van der Waals surface area (Å²) >= 11 is 0. The van der Waals surface area contributed by atoms with E-state index in [0.29, 0.717) is 6.54 Å². The standard InChI is InChI=1S/C6H15ClN2O2S/c1-6(2,9(3)4)5-8-12(7,10)11/h8H,5H2,1-4H3. The minimum absolute atomic E-state index is 0.234. The molecule has 1 N–H and O–H groups in total. The Bertz CT molecular complexity index is 236. The Kier molecular flexibility index (Phi) is 3.96. The van der Waals surface area contributed by atoms with Crippen LogP contribution in [0.5, 0.6) is 0 Å². The summed E-state index contributed by atoms with van der Waals surface area (Å²) in [7, 11) is 5.15. The quantitative estimate of drug-likeness (QED) is 0.690. The second-order valence-electron chi connectivity index (χ2n) is 3.47. The van der Waals surface area contributed by atoms with E-state index in [-0.39, 0.29) is 5.54 Å². The fourth-order valence-corrected chi connectivity index (χ4v) is 1.11. The average molecular weight is 215 g/mol. The molecule has 0 bridgehead atoms. The van der Waals surface area contributed by atoms with Gasteiger partial charge >= 0.3 is 0 Å². The van der Waals surface area contributed by atoms with Gasteiger partial charge in [0, 0.05) is 22.8 Å². The first-order valence-electron chi connectivity index (χ1n) is 3.52. The third-order valence-electron chi connectivity index (χ3n) is 1.89. The number of likely N-dealkylation sites (N-methyl/N-ethyl adjacent to an activating group) is 1. The molecule has 0 spiro atoms. The van der Waals surface area contributed by atoms with Crippen LogP contribution in [-0.2, 0) is 9.24 Å². The zero-order valence-corrected chi connectivity index (χ0v) is 9.33. The van der Waals surface area contributed by atoms with Crippen molar-refractivity contribution < 1.29 is 8.42 Å². The maximum atomic E-state index is 10.5. The molecule has 0 saturated carbocycles. The lowest BCUT2D eigenvalue weighted by Gasteiger charge is -2.32. The van der Waals surface area contributed by atoms with Crippen LogP contribution in [0.4, 0.5) is 0 Å². The summed E-state index contributed by atoms with van der Waals surface area (Å²) in [6.07, 6.45) is 0. The number of rotatable bonds is 4. The van der Waals surface area contributed by atoms with Crippen LogP contribution in [-0.4, -0.2) is 39.5 Å². The van der Waals surface area contributed by atoms with Crippen molar-refractivity contribution in [2.24, 2.45) is 0 Å². The molecular weight excluding hydrogens is 200 g/mol. The minimum atomic E-state index is -3.60. The lowest BCUT2D eigenvalue weighted by atomic mass is 10.1. The largest absolute Gasteiger partial charge is 0.303 e. The van der Waals surface area contributed by atoms with Crippen LogP contribution in [0, 0.1) is 0 Å². The lowest BCUT2D eigenvalue weighted by molar-refractivity contribution is 0.199. The minimum Gasteiger partial charge on any atom is -0.303 e. The molecule has 0 atom stereocenters. The van der Waals surface area contributed by atoms with Gasteiger partial charge in [-0.05, 0) is 27.9 Å². The van der Waals surface area contributed by atoms with Crippen molar-refractivity contribution in [2.45, 2.75) is 19.4 Å². The summed E-state index contributed by atoms with van der Waals surface area (Å²) in [5, 5.41) is 0. The van der Waals surface area contributed by atoms with Crippen molar-refractivity contribution in [2.75, 3.05) is 20.6 Å². The Labute approximate surface area is 78.4 Å². The van der Waals surface area contributed by atoms with Crippen LogP contribution in [0.25, 0.3) is 0 Å². The molecule has 0 saturated heterocycles. The highest BCUT2D eigenvalue weighted by molar-refractivity contribution is 8.12. The van der Waals surface area contributed by atoms with E-state index in [0.717, 1.165) is 0 Å². The number of hydrogen-bond donors (Lipinski definition) is 1. The first kappa shape index (κ1) is 12.2. The topological polar surface area (TPSA) is 49.4 Å². The van der Waals surface area contributed by atoms with Crippen LogP contribution in [0.1, 0.15) is 13.8 Å². The summed E-state index contributed by atoms with van der Waals surface area (Å²) in [4.78, 5) is 1.92. The summed E-state index contributed by atoms with van der Waals surface area (Å²) in [6.45, 7) is 4.13. The van der Waals surface area contributed by atoms with E-state index in [4.69, 9.17) is 10.7 Å². The zero-order valence-electron chi connectivity index (χ0n) is 7.76. The first-order chi connectivity index (χ1) is 5.15. The molecule has 0 amide bonds. The maximum absolute atomic E-state index is 10.5. The first-order valence-corrected chi connectivity index (χ1v) is 5.83. The Hall–Kier alpha value is 0.160. The van der Waals surface area contributed by atoms with Crippen LogP contribution in [0.15, 0.2) is 0 Å². The van der Waals surface area contributed by atoms with Crippen LogP contribution in [0.3, 0.4) is 0 Å². The molecule has 0 aromatic carbocycles. The van der Waals surface area contributed by atoms with Gasteiger partial charge in [-0.1, -0.05) is 0 Å². The molecule has 12 heavy (non-hydrogen) atoms. The van der Waals surface area contributed by atoms with E-state index in [1.807, 2.05) is 32.8 Å². The highest BCUT2D eigenvalue weighted by atomic mass is 35.7. The lowest BCUT2D eigenvalue weighted by Crippen LogP contribution is -2.47. The van der Waals surface area contributed by atoms with Gasteiger partial charge in [-0.2, -0.15) is 8.42 Å². The van der Waals surface area contributed by atoms with Crippen molar-refractivity contribution >= 4 is 19.9 Å². The van der Waals surface area contributed by atoms with Gasteiger partial charge in [0.1, 0.15) is 0 Å². The van der Waals surface area contributed by atoms with Gasteiger partial charge in [-0.25, -0.2) is 4.72 Å². The van der Waals surface area contributed by atoms with Crippen LogP contribution in [0.2, 0.25) is 0 Å². The molecule has 4 nitrogen and oxygen atoms in total. The SMILES string of the molecule is CN(C)C(C)(C)CNS(=O)(=O)Cl. The Balaban J connectivity index is 4.10. The Morgan fingerprint density at radius 1 is 1.42 bits per heavy atom. The monoisotopic (exact) mass is 214 g/mol. The zero-order chi connectivity index (χ0) is 9.99. The van der Waals surface area contributed by atoms with Gasteiger partial charge in [0.2, 0.25) is 0 Å². The van der Waals surface area contributed by atoms with E-state index < -0.39 is 9.24 Å². The highest BCUT2D eigenvalue weighted by Gasteiger charge is 2.21. The molecule has 0 fully saturated rings. The Morgan fingerprint density at radius 3 is 2.08 bits per heavy atom. The van der Waals surface area contributed by atoms with Crippen molar-refractivity contribution in [1.82, 2.24) is 9.62 Å². The summed E-state index contributed by atoms with van der Waals surface area (Å²) in [6, 6.07) is 0. The van der Waals surface area contributed by atoms with Gasteiger partial charge in [0.15, 0.2) is 0 Å². The van der Waals surface area contributed by atoms with Crippen molar-refractivity contribution in [3.05, 3.63) is 0 Å². The molecule has 0 heterocycles. The fraction of sp³-hybridized carbons (Fsp3) is 1.00. The number of hydrogen-bond acceptors (Lipinski definition) is 3. The van der Waals surface area contributed by atoms with E-state index in [2.05, 4.69) is 4.72 Å². The van der Waals surface area contributed by atoms with Gasteiger partial charge < -0.3 is 4.90 Å². The molecule has 0 aromatic heterocycles. The average Bonchev–Trinajstić information content (AvgIpc) is 1.82. The van der Waals surface area contributed by atoms with E-state index in [1.165, 1.54) is 0 Å². The third kappa shape index (κ3) is 4.92. The smallest absolute Gasteiger partial charge is 0.297 e. The molecule has 0 unspecified atom stereocenters. The van der Waals surface area contributed by atoms with Gasteiger partial charge in [-0.15, -0.1) is 0 Å². The van der Waals surface area contributed by atoms with Crippen LogP contribution >= 0.6 is 10.7 Å². The van der Waals surface area contributed by atoms with Crippen molar-refractivity contribution in [3.8, 4) is 0 Å². The molecule has 0 aliphatic rings. The van der Waals surface area contributed by atoms with Crippen molar-refractivity contribution in [3.63, 3.8) is 0 Å². The third-order valence-corrected chi connectivity index (χ3v) is 2.70. The molecule has 74 valence electrons. The second kappa shape index (κ2) is 3.91.